The standard InChI is InChI=1S/C31H36O8/c1-19-27(35-2)12-21(13-28(19)36-3)8-10-25-30(38-5)15-23(17-33)24(31(25)39-6)9-7-20-11-22(16-32)26(18-34)29(14-20)37-4/h7-15,32-34H,16-18H2,1-6H3/b9-7+,10-8+. The lowest BCUT2D eigenvalue weighted by Gasteiger charge is -2.17. The summed E-state index contributed by atoms with van der Waals surface area (Å²) < 4.78 is 27.9. The predicted octanol–water partition coefficient (Wildman–Crippen LogP) is 4.86. The lowest BCUT2D eigenvalue weighted by molar-refractivity contribution is 0.254. The number of hydrogen-bond acceptors (Lipinski definition) is 8. The summed E-state index contributed by atoms with van der Waals surface area (Å²) in [5, 5.41) is 29.6. The third-order valence-electron chi connectivity index (χ3n) is 6.53. The van der Waals surface area contributed by atoms with Gasteiger partial charge in [-0.05, 0) is 65.6 Å². The van der Waals surface area contributed by atoms with E-state index >= 15 is 0 Å². The topological polar surface area (TPSA) is 107 Å². The minimum Gasteiger partial charge on any atom is -0.496 e. The van der Waals surface area contributed by atoms with Crippen molar-refractivity contribution in [3.63, 3.8) is 0 Å². The van der Waals surface area contributed by atoms with Gasteiger partial charge in [0.15, 0.2) is 0 Å². The average molecular weight is 537 g/mol. The highest BCUT2D eigenvalue weighted by atomic mass is 16.5. The fourth-order valence-electron chi connectivity index (χ4n) is 4.46. The van der Waals surface area contributed by atoms with Crippen molar-refractivity contribution in [3.05, 3.63) is 74.8 Å². The summed E-state index contributed by atoms with van der Waals surface area (Å²) in [5.74, 6) is 2.93. The second kappa shape index (κ2) is 13.7. The van der Waals surface area contributed by atoms with E-state index in [9.17, 15) is 15.3 Å². The van der Waals surface area contributed by atoms with Crippen molar-refractivity contribution in [1.82, 2.24) is 0 Å². The SMILES string of the molecule is COc1cc(/C=C/c2c(OC)cc(CO)c(/C=C/c3cc(CO)c(CO)c(OC)c3)c2OC)cc(OC)c1C. The van der Waals surface area contributed by atoms with Crippen molar-refractivity contribution in [2.24, 2.45) is 0 Å². The molecule has 208 valence electrons. The summed E-state index contributed by atoms with van der Waals surface area (Å²) in [6.07, 6.45) is 7.44. The highest BCUT2D eigenvalue weighted by Gasteiger charge is 2.17. The van der Waals surface area contributed by atoms with E-state index in [1.165, 1.54) is 7.11 Å². The summed E-state index contributed by atoms with van der Waals surface area (Å²) in [4.78, 5) is 0. The van der Waals surface area contributed by atoms with Crippen molar-refractivity contribution in [3.8, 4) is 28.7 Å². The molecule has 3 aromatic rings. The molecule has 0 saturated carbocycles. The zero-order chi connectivity index (χ0) is 28.5. The summed E-state index contributed by atoms with van der Waals surface area (Å²) in [7, 11) is 7.86. The second-order valence-corrected chi connectivity index (χ2v) is 8.65. The third kappa shape index (κ3) is 6.37. The maximum Gasteiger partial charge on any atom is 0.137 e. The molecule has 0 spiro atoms. The highest BCUT2D eigenvalue weighted by molar-refractivity contribution is 5.84. The molecular formula is C31H36O8. The van der Waals surface area contributed by atoms with Crippen molar-refractivity contribution in [2.75, 3.05) is 35.5 Å². The molecule has 0 heterocycles. The van der Waals surface area contributed by atoms with E-state index in [1.54, 1.807) is 46.6 Å². The van der Waals surface area contributed by atoms with Gasteiger partial charge < -0.3 is 39.0 Å². The van der Waals surface area contributed by atoms with Gasteiger partial charge in [-0.2, -0.15) is 0 Å². The van der Waals surface area contributed by atoms with Gasteiger partial charge in [-0.25, -0.2) is 0 Å². The molecule has 0 aliphatic carbocycles. The zero-order valence-electron chi connectivity index (χ0n) is 23.2. The molecule has 0 aliphatic rings. The quantitative estimate of drug-likeness (QED) is 0.282. The smallest absolute Gasteiger partial charge is 0.137 e. The van der Waals surface area contributed by atoms with Crippen LogP contribution in [0.15, 0.2) is 30.3 Å². The van der Waals surface area contributed by atoms with Crippen LogP contribution >= 0.6 is 0 Å². The van der Waals surface area contributed by atoms with E-state index in [1.807, 2.05) is 43.4 Å². The normalized spacial score (nSPS) is 11.3. The monoisotopic (exact) mass is 536 g/mol. The van der Waals surface area contributed by atoms with Crippen LogP contribution < -0.4 is 23.7 Å². The van der Waals surface area contributed by atoms with Crippen molar-refractivity contribution >= 4 is 24.3 Å². The first-order valence-electron chi connectivity index (χ1n) is 12.3. The first kappa shape index (κ1) is 29.6. The maximum absolute atomic E-state index is 10.2. The molecule has 0 aliphatic heterocycles. The second-order valence-electron chi connectivity index (χ2n) is 8.65. The van der Waals surface area contributed by atoms with Crippen molar-refractivity contribution < 1.29 is 39.0 Å². The Morgan fingerprint density at radius 3 is 1.54 bits per heavy atom. The summed E-state index contributed by atoms with van der Waals surface area (Å²) in [6, 6.07) is 9.15. The summed E-state index contributed by atoms with van der Waals surface area (Å²) in [6.45, 7) is 1.20. The zero-order valence-corrected chi connectivity index (χ0v) is 23.2. The Balaban J connectivity index is 2.15. The fourth-order valence-corrected chi connectivity index (χ4v) is 4.46. The molecule has 3 N–H and O–H groups in total. The van der Waals surface area contributed by atoms with Gasteiger partial charge in [0.1, 0.15) is 28.7 Å². The molecule has 8 heteroatoms. The van der Waals surface area contributed by atoms with Gasteiger partial charge in [-0.3, -0.25) is 0 Å². The van der Waals surface area contributed by atoms with Gasteiger partial charge >= 0.3 is 0 Å². The van der Waals surface area contributed by atoms with Crippen LogP contribution in [0.4, 0.5) is 0 Å². The van der Waals surface area contributed by atoms with Crippen LogP contribution in [0, 0.1) is 6.92 Å². The molecule has 39 heavy (non-hydrogen) atoms. The Morgan fingerprint density at radius 2 is 1.05 bits per heavy atom. The van der Waals surface area contributed by atoms with Gasteiger partial charge in [0, 0.05) is 16.7 Å². The molecular weight excluding hydrogens is 500 g/mol. The van der Waals surface area contributed by atoms with Crippen LogP contribution in [-0.4, -0.2) is 50.9 Å². The molecule has 3 rings (SSSR count). The van der Waals surface area contributed by atoms with Crippen LogP contribution in [-0.2, 0) is 19.8 Å². The molecule has 0 bridgehead atoms. The number of benzene rings is 3. The molecule has 3 aromatic carbocycles. The predicted molar refractivity (Wildman–Crippen MR) is 152 cm³/mol. The highest BCUT2D eigenvalue weighted by Crippen LogP contribution is 2.39. The van der Waals surface area contributed by atoms with Gasteiger partial charge in [0.05, 0.1) is 60.9 Å². The summed E-state index contributed by atoms with van der Waals surface area (Å²) in [5.41, 5.74) is 5.55. The number of rotatable bonds is 12. The van der Waals surface area contributed by atoms with Crippen LogP contribution in [0.25, 0.3) is 24.3 Å². The molecule has 0 fully saturated rings. The lowest BCUT2D eigenvalue weighted by atomic mass is 9.97. The molecule has 0 saturated heterocycles. The van der Waals surface area contributed by atoms with Gasteiger partial charge in [0.25, 0.3) is 0 Å². The number of hydrogen-bond donors (Lipinski definition) is 3. The largest absolute Gasteiger partial charge is 0.496 e. The Bertz CT molecular complexity index is 1310. The van der Waals surface area contributed by atoms with E-state index in [2.05, 4.69) is 0 Å². The number of ether oxygens (including phenoxy) is 5. The molecule has 8 nitrogen and oxygen atoms in total. The molecule has 0 aromatic heterocycles. The van der Waals surface area contributed by atoms with Gasteiger partial charge in [0.2, 0.25) is 0 Å². The first-order chi connectivity index (χ1) is 18.9. The summed E-state index contributed by atoms with van der Waals surface area (Å²) >= 11 is 0. The van der Waals surface area contributed by atoms with Gasteiger partial charge in [-0.1, -0.05) is 18.2 Å². The van der Waals surface area contributed by atoms with E-state index in [0.717, 1.165) is 16.7 Å². The number of aliphatic hydroxyl groups excluding tert-OH is 3. The fraction of sp³-hybridized carbons (Fsp3) is 0.290. The number of aliphatic hydroxyl groups is 3. The lowest BCUT2D eigenvalue weighted by Crippen LogP contribution is -2.01. The third-order valence-corrected chi connectivity index (χ3v) is 6.53. The Hall–Kier alpha value is -3.98. The minimum atomic E-state index is -0.252. The Morgan fingerprint density at radius 1 is 0.538 bits per heavy atom. The molecule has 0 unspecified atom stereocenters. The van der Waals surface area contributed by atoms with E-state index in [0.29, 0.717) is 56.6 Å². The molecule has 0 radical (unpaired) electrons. The minimum absolute atomic E-state index is 0.239. The average Bonchev–Trinajstić information content (AvgIpc) is 2.97. The first-order valence-corrected chi connectivity index (χ1v) is 12.3. The van der Waals surface area contributed by atoms with Crippen LogP contribution in [0.3, 0.4) is 0 Å². The van der Waals surface area contributed by atoms with Crippen molar-refractivity contribution in [2.45, 2.75) is 26.7 Å². The molecule has 0 amide bonds. The van der Waals surface area contributed by atoms with Crippen molar-refractivity contribution in [1.29, 1.82) is 0 Å². The maximum atomic E-state index is 10.2. The number of methoxy groups -OCH3 is 5. The van der Waals surface area contributed by atoms with E-state index in [4.69, 9.17) is 23.7 Å². The van der Waals surface area contributed by atoms with Crippen LogP contribution in [0.2, 0.25) is 0 Å². The van der Waals surface area contributed by atoms with E-state index in [-0.39, 0.29) is 19.8 Å². The van der Waals surface area contributed by atoms with Crippen LogP contribution in [0.5, 0.6) is 28.7 Å². The van der Waals surface area contributed by atoms with Crippen LogP contribution in [0.1, 0.15) is 44.5 Å². The van der Waals surface area contributed by atoms with E-state index < -0.39 is 0 Å². The van der Waals surface area contributed by atoms with Gasteiger partial charge in [-0.15, -0.1) is 0 Å². The Kier molecular flexibility index (Phi) is 10.4. The molecule has 0 atom stereocenters. The Labute approximate surface area is 229 Å².